The van der Waals surface area contributed by atoms with Gasteiger partial charge in [-0.1, -0.05) is 26.0 Å². The number of rotatable bonds is 5. The second-order valence-electron chi connectivity index (χ2n) is 4.57. The molecule has 0 aliphatic carbocycles. The van der Waals surface area contributed by atoms with Crippen molar-refractivity contribution in [3.05, 3.63) is 35.4 Å². The Hall–Kier alpha value is -1.07. The lowest BCUT2D eigenvalue weighted by Gasteiger charge is -2.14. The highest BCUT2D eigenvalue weighted by Gasteiger charge is 2.30. The summed E-state index contributed by atoms with van der Waals surface area (Å²) < 4.78 is 42.6. The van der Waals surface area contributed by atoms with Gasteiger partial charge >= 0.3 is 6.18 Å². The zero-order valence-corrected chi connectivity index (χ0v) is 10.4. The average Bonchev–Trinajstić information content (AvgIpc) is 2.27. The third kappa shape index (κ3) is 4.66. The van der Waals surface area contributed by atoms with E-state index in [-0.39, 0.29) is 12.2 Å². The van der Waals surface area contributed by atoms with E-state index in [9.17, 15) is 18.3 Å². The summed E-state index contributed by atoms with van der Waals surface area (Å²) in [5, 5.41) is 9.73. The van der Waals surface area contributed by atoms with Gasteiger partial charge in [0.15, 0.2) is 0 Å². The van der Waals surface area contributed by atoms with Crippen molar-refractivity contribution in [2.75, 3.05) is 13.2 Å². The van der Waals surface area contributed by atoms with Crippen LogP contribution < -0.4 is 0 Å². The third-order valence-electron chi connectivity index (χ3n) is 2.33. The van der Waals surface area contributed by atoms with Crippen molar-refractivity contribution >= 4 is 0 Å². The smallest absolute Gasteiger partial charge is 0.386 e. The summed E-state index contributed by atoms with van der Waals surface area (Å²) in [7, 11) is 0. The van der Waals surface area contributed by atoms with Gasteiger partial charge in [0.05, 0.1) is 12.2 Å². The minimum absolute atomic E-state index is 0.000505. The number of hydrogen-bond donors (Lipinski definition) is 1. The number of aliphatic hydroxyl groups excluding tert-OH is 1. The average molecular weight is 262 g/mol. The van der Waals surface area contributed by atoms with E-state index in [0.717, 1.165) is 12.1 Å². The second kappa shape index (κ2) is 6.20. The van der Waals surface area contributed by atoms with E-state index >= 15 is 0 Å². The summed E-state index contributed by atoms with van der Waals surface area (Å²) in [6.07, 6.45) is -5.43. The predicted octanol–water partition coefficient (Wildman–Crippen LogP) is 3.41. The molecule has 0 aromatic heterocycles. The van der Waals surface area contributed by atoms with Gasteiger partial charge in [-0.25, -0.2) is 0 Å². The van der Waals surface area contributed by atoms with Gasteiger partial charge < -0.3 is 9.84 Å². The Kier molecular flexibility index (Phi) is 5.16. The number of halogens is 3. The van der Waals surface area contributed by atoms with E-state index in [2.05, 4.69) is 0 Å². The fraction of sp³-hybridized carbons (Fsp3) is 0.538. The van der Waals surface area contributed by atoms with Crippen LogP contribution in [0.5, 0.6) is 0 Å². The molecule has 0 spiro atoms. The van der Waals surface area contributed by atoms with Crippen LogP contribution in [0.2, 0.25) is 0 Å². The van der Waals surface area contributed by atoms with Gasteiger partial charge in [-0.05, 0) is 23.6 Å². The van der Waals surface area contributed by atoms with Gasteiger partial charge in [0, 0.05) is 6.61 Å². The van der Waals surface area contributed by atoms with E-state index in [1.165, 1.54) is 12.1 Å². The first-order valence-electron chi connectivity index (χ1n) is 5.73. The van der Waals surface area contributed by atoms with Crippen molar-refractivity contribution < 1.29 is 23.0 Å². The van der Waals surface area contributed by atoms with E-state index in [4.69, 9.17) is 4.74 Å². The van der Waals surface area contributed by atoms with Crippen LogP contribution in [0.3, 0.4) is 0 Å². The van der Waals surface area contributed by atoms with Crippen LogP contribution >= 0.6 is 0 Å². The number of aliphatic hydroxyl groups is 1. The molecule has 1 rings (SSSR count). The lowest BCUT2D eigenvalue weighted by Crippen LogP contribution is -2.12. The van der Waals surface area contributed by atoms with Gasteiger partial charge in [0.1, 0.15) is 6.10 Å². The van der Waals surface area contributed by atoms with Crippen LogP contribution in [0.1, 0.15) is 31.1 Å². The summed E-state index contributed by atoms with van der Waals surface area (Å²) in [6, 6.07) is 4.66. The molecule has 18 heavy (non-hydrogen) atoms. The number of hydrogen-bond acceptors (Lipinski definition) is 2. The largest absolute Gasteiger partial charge is 0.416 e. The highest BCUT2D eigenvalue weighted by atomic mass is 19.4. The summed E-state index contributed by atoms with van der Waals surface area (Å²) in [5.74, 6) is 0.318. The number of ether oxygens (including phenoxy) is 1. The van der Waals surface area contributed by atoms with E-state index in [1.54, 1.807) is 0 Å². The van der Waals surface area contributed by atoms with Crippen LogP contribution in [-0.4, -0.2) is 18.3 Å². The maximum Gasteiger partial charge on any atom is 0.416 e. The fourth-order valence-corrected chi connectivity index (χ4v) is 1.43. The standard InChI is InChI=1S/C13H17F3O2/c1-9(2)7-18-8-12(17)10-4-3-5-11(6-10)13(14,15)16/h3-6,9,12,17H,7-8H2,1-2H3. The molecule has 0 amide bonds. The molecule has 1 N–H and O–H groups in total. The van der Waals surface area contributed by atoms with Crippen molar-refractivity contribution in [1.29, 1.82) is 0 Å². The van der Waals surface area contributed by atoms with Crippen LogP contribution in [0.4, 0.5) is 13.2 Å². The first kappa shape index (κ1) is 15.0. The molecule has 0 aliphatic rings. The lowest BCUT2D eigenvalue weighted by molar-refractivity contribution is -0.137. The van der Waals surface area contributed by atoms with E-state index < -0.39 is 17.8 Å². The molecular weight excluding hydrogens is 245 g/mol. The van der Waals surface area contributed by atoms with Crippen molar-refractivity contribution in [3.63, 3.8) is 0 Å². The molecule has 0 bridgehead atoms. The maximum absolute atomic E-state index is 12.5. The quantitative estimate of drug-likeness (QED) is 0.881. The van der Waals surface area contributed by atoms with Crippen molar-refractivity contribution in [2.45, 2.75) is 26.1 Å². The van der Waals surface area contributed by atoms with Crippen LogP contribution in [0, 0.1) is 5.92 Å². The van der Waals surface area contributed by atoms with Crippen molar-refractivity contribution in [2.24, 2.45) is 5.92 Å². The van der Waals surface area contributed by atoms with Gasteiger partial charge in [-0.3, -0.25) is 0 Å². The van der Waals surface area contributed by atoms with Gasteiger partial charge in [0.2, 0.25) is 0 Å². The van der Waals surface area contributed by atoms with Crippen LogP contribution in [0.25, 0.3) is 0 Å². The van der Waals surface area contributed by atoms with Gasteiger partial charge in [-0.2, -0.15) is 13.2 Å². The highest BCUT2D eigenvalue weighted by molar-refractivity contribution is 5.27. The van der Waals surface area contributed by atoms with Gasteiger partial charge in [0.25, 0.3) is 0 Å². The highest BCUT2D eigenvalue weighted by Crippen LogP contribution is 2.30. The zero-order chi connectivity index (χ0) is 13.8. The maximum atomic E-state index is 12.5. The summed E-state index contributed by atoms with van der Waals surface area (Å²) >= 11 is 0. The van der Waals surface area contributed by atoms with Crippen molar-refractivity contribution in [3.8, 4) is 0 Å². The van der Waals surface area contributed by atoms with Crippen LogP contribution in [-0.2, 0) is 10.9 Å². The Morgan fingerprint density at radius 2 is 1.89 bits per heavy atom. The molecule has 1 aromatic rings. The molecule has 5 heteroatoms. The van der Waals surface area contributed by atoms with E-state index in [1.807, 2.05) is 13.8 Å². The molecule has 1 unspecified atom stereocenters. The Labute approximate surface area is 104 Å². The molecule has 1 atom stereocenters. The zero-order valence-electron chi connectivity index (χ0n) is 10.4. The van der Waals surface area contributed by atoms with Crippen LogP contribution in [0.15, 0.2) is 24.3 Å². The Bertz CT molecular complexity index is 375. The third-order valence-corrected chi connectivity index (χ3v) is 2.33. The number of benzene rings is 1. The Morgan fingerprint density at radius 3 is 2.44 bits per heavy atom. The second-order valence-corrected chi connectivity index (χ2v) is 4.57. The summed E-state index contributed by atoms with van der Waals surface area (Å²) in [4.78, 5) is 0. The molecule has 0 radical (unpaired) electrons. The molecule has 0 heterocycles. The fourth-order valence-electron chi connectivity index (χ4n) is 1.43. The molecule has 2 nitrogen and oxygen atoms in total. The van der Waals surface area contributed by atoms with Crippen molar-refractivity contribution in [1.82, 2.24) is 0 Å². The molecule has 102 valence electrons. The monoisotopic (exact) mass is 262 g/mol. The first-order valence-corrected chi connectivity index (χ1v) is 5.73. The minimum atomic E-state index is -4.39. The first-order chi connectivity index (χ1) is 8.30. The molecular formula is C13H17F3O2. The van der Waals surface area contributed by atoms with Gasteiger partial charge in [-0.15, -0.1) is 0 Å². The Morgan fingerprint density at radius 1 is 1.22 bits per heavy atom. The van der Waals surface area contributed by atoms with E-state index in [0.29, 0.717) is 12.5 Å². The number of alkyl halides is 3. The minimum Gasteiger partial charge on any atom is -0.386 e. The molecule has 0 saturated heterocycles. The molecule has 0 aliphatic heterocycles. The topological polar surface area (TPSA) is 29.5 Å². The molecule has 0 fully saturated rings. The predicted molar refractivity (Wildman–Crippen MR) is 62.1 cm³/mol. The molecule has 0 saturated carbocycles. The molecule has 1 aromatic carbocycles. The normalized spacial score (nSPS) is 13.9. The Balaban J connectivity index is 2.66. The lowest BCUT2D eigenvalue weighted by atomic mass is 10.1. The summed E-state index contributed by atoms with van der Waals surface area (Å²) in [6.45, 7) is 4.38. The summed E-state index contributed by atoms with van der Waals surface area (Å²) in [5.41, 5.74) is -0.545. The SMILES string of the molecule is CC(C)COCC(O)c1cccc(C(F)(F)F)c1.